The number of rotatable bonds is 8. The van der Waals surface area contributed by atoms with Crippen LogP contribution in [-0.2, 0) is 20.1 Å². The fraction of sp³-hybridized carbons (Fsp3) is 0.280. The van der Waals surface area contributed by atoms with Crippen molar-refractivity contribution in [2.75, 3.05) is 9.80 Å². The minimum absolute atomic E-state index is 0. The van der Waals surface area contributed by atoms with Gasteiger partial charge in [-0.3, -0.25) is 7.05 Å². The molecule has 5 nitrogen and oxygen atoms in total. The van der Waals surface area contributed by atoms with Crippen molar-refractivity contribution in [2.24, 2.45) is 0 Å². The number of benzene rings is 5. The Morgan fingerprint density at radius 3 is 1.95 bits per heavy atom. The average molecular weight is 919 g/mol. The van der Waals surface area contributed by atoms with E-state index in [-0.39, 0.29) is 32.4 Å². The summed E-state index contributed by atoms with van der Waals surface area (Å²) >= 11 is 0. The van der Waals surface area contributed by atoms with E-state index >= 15 is 0 Å². The summed E-state index contributed by atoms with van der Waals surface area (Å²) in [4.78, 5) is 6.67. The first kappa shape index (κ1) is 40.8. The molecular weight excluding hydrogens is 865 g/mol. The quantitative estimate of drug-likeness (QED) is 0.143. The molecule has 6 aromatic rings. The van der Waals surface area contributed by atoms with E-state index in [1.807, 2.05) is 41.4 Å². The molecule has 6 heteroatoms. The van der Waals surface area contributed by atoms with Gasteiger partial charge in [-0.25, -0.2) is 0 Å². The van der Waals surface area contributed by atoms with Gasteiger partial charge in [-0.2, -0.15) is 60.6 Å². The van der Waals surface area contributed by atoms with Crippen LogP contribution in [0, 0.1) is 20.0 Å². The SMILES string of the molecule is CC(C)c1cc(C(C)C)c2oc3ccccc3c2c1N1C=C[N-]C1c1[c-]cccc1.[CH2-]c1ccccc1C1N([CH2-])C=CN1c1c(C(C)C)cccc1C(C)C.[Ir]. The Kier molecular flexibility index (Phi) is 12.4. The number of fused-ring (bicyclic) bond motifs is 3. The standard InChI is InChI=1S/C27H26N2O.C23H28N2.Ir/c1-17(2)21-16-22(18(3)4)26-24(20-12-8-9-13-23(20)30-26)25(21)29-15-14-28-27(29)19-10-6-5-7-11-19;1-16(2)19-12-9-13-20(17(3)4)22(19)25-15-14-24(6)23(25)21-11-8-7-10-18(21)5;/h5-10,12-18,27H,1-4H3;7-17,23H,5-6H2,1-4H3;/q2*-2;. The van der Waals surface area contributed by atoms with Gasteiger partial charge >= 0.3 is 0 Å². The third-order valence-electron chi connectivity index (χ3n) is 10.8. The maximum Gasteiger partial charge on any atom is 0.140 e. The molecule has 1 radical (unpaired) electrons. The van der Waals surface area contributed by atoms with E-state index < -0.39 is 0 Å². The molecule has 5 aromatic carbocycles. The predicted molar refractivity (Wildman–Crippen MR) is 232 cm³/mol. The maximum atomic E-state index is 6.43. The van der Waals surface area contributed by atoms with Crippen LogP contribution in [0.15, 0.2) is 126 Å². The van der Waals surface area contributed by atoms with Crippen LogP contribution in [-0.4, -0.2) is 4.90 Å². The Bertz CT molecular complexity index is 2310. The molecule has 2 aliphatic rings. The Balaban J connectivity index is 0.000000190. The Morgan fingerprint density at radius 1 is 0.661 bits per heavy atom. The molecule has 0 saturated heterocycles. The van der Waals surface area contributed by atoms with E-state index in [0.717, 1.165) is 27.7 Å². The molecule has 56 heavy (non-hydrogen) atoms. The monoisotopic (exact) mass is 919 g/mol. The Labute approximate surface area is 348 Å². The van der Waals surface area contributed by atoms with Gasteiger partial charge in [0.05, 0.1) is 17.2 Å². The zero-order chi connectivity index (χ0) is 39.0. The average Bonchev–Trinajstić information content (AvgIpc) is 3.92. The largest absolute Gasteiger partial charge is 0.668 e. The second-order valence-electron chi connectivity index (χ2n) is 15.9. The topological polar surface area (TPSA) is 37.0 Å². The molecule has 0 bridgehead atoms. The minimum Gasteiger partial charge on any atom is -0.668 e. The van der Waals surface area contributed by atoms with E-state index in [9.17, 15) is 0 Å². The molecule has 2 aliphatic heterocycles. The van der Waals surface area contributed by atoms with Crippen LogP contribution >= 0.6 is 0 Å². The molecular formula is C50H54IrN4O-4. The first-order chi connectivity index (χ1) is 26.5. The third kappa shape index (κ3) is 7.62. The molecule has 1 aromatic heterocycles. The molecule has 3 heterocycles. The fourth-order valence-corrected chi connectivity index (χ4v) is 8.02. The second-order valence-corrected chi connectivity index (χ2v) is 15.9. The summed E-state index contributed by atoms with van der Waals surface area (Å²) in [5.74, 6) is 1.65. The maximum absolute atomic E-state index is 6.43. The number of para-hydroxylation sites is 2. The summed E-state index contributed by atoms with van der Waals surface area (Å²) in [5.41, 5.74) is 13.0. The zero-order valence-corrected chi connectivity index (χ0v) is 36.4. The van der Waals surface area contributed by atoms with Crippen molar-refractivity contribution in [2.45, 2.75) is 91.4 Å². The van der Waals surface area contributed by atoms with Gasteiger partial charge in [0.2, 0.25) is 0 Å². The molecule has 0 amide bonds. The van der Waals surface area contributed by atoms with E-state index in [4.69, 9.17) is 9.73 Å². The number of nitrogens with zero attached hydrogens (tertiary/aromatic N) is 4. The van der Waals surface area contributed by atoms with Crippen molar-refractivity contribution in [1.29, 1.82) is 0 Å². The smallest absolute Gasteiger partial charge is 0.140 e. The number of furan rings is 1. The van der Waals surface area contributed by atoms with Gasteiger partial charge < -0.3 is 24.4 Å². The molecule has 2 unspecified atom stereocenters. The van der Waals surface area contributed by atoms with E-state index in [1.54, 1.807) is 0 Å². The Hall–Kier alpha value is -4.90. The van der Waals surface area contributed by atoms with Crippen LogP contribution in [0.1, 0.15) is 130 Å². The van der Waals surface area contributed by atoms with Crippen LogP contribution in [0.4, 0.5) is 11.4 Å². The van der Waals surface area contributed by atoms with Crippen LogP contribution < -0.4 is 9.80 Å². The molecule has 0 saturated carbocycles. The molecule has 2 atom stereocenters. The summed E-state index contributed by atoms with van der Waals surface area (Å²) in [6, 6.07) is 37.2. The van der Waals surface area contributed by atoms with E-state index in [0.29, 0.717) is 23.7 Å². The molecule has 0 N–H and O–H groups in total. The van der Waals surface area contributed by atoms with Crippen molar-refractivity contribution in [3.8, 4) is 0 Å². The fourth-order valence-electron chi connectivity index (χ4n) is 8.02. The summed E-state index contributed by atoms with van der Waals surface area (Å²) in [7, 11) is 4.24. The normalized spacial score (nSPS) is 16.4. The van der Waals surface area contributed by atoms with E-state index in [1.165, 1.54) is 44.6 Å². The minimum atomic E-state index is -0.120. The summed E-state index contributed by atoms with van der Waals surface area (Å²) in [6.07, 6.45) is 8.11. The van der Waals surface area contributed by atoms with Crippen LogP contribution in [0.5, 0.6) is 0 Å². The van der Waals surface area contributed by atoms with Crippen molar-refractivity contribution < 1.29 is 24.5 Å². The Morgan fingerprint density at radius 2 is 1.30 bits per heavy atom. The summed E-state index contributed by atoms with van der Waals surface area (Å²) in [5, 5.41) is 7.12. The molecule has 0 spiro atoms. The third-order valence-corrected chi connectivity index (χ3v) is 10.8. The van der Waals surface area contributed by atoms with Gasteiger partial charge in [0.1, 0.15) is 11.2 Å². The number of anilines is 2. The molecule has 0 fully saturated rings. The number of hydrogen-bond acceptors (Lipinski definition) is 4. The number of hydrogen-bond donors (Lipinski definition) is 0. The van der Waals surface area contributed by atoms with Crippen molar-refractivity contribution in [3.05, 3.63) is 186 Å². The van der Waals surface area contributed by atoms with Gasteiger partial charge in [-0.05, 0) is 76.6 Å². The molecule has 8 rings (SSSR count). The van der Waals surface area contributed by atoms with Gasteiger partial charge in [0.25, 0.3) is 0 Å². The van der Waals surface area contributed by atoms with Gasteiger partial charge in [0.15, 0.2) is 0 Å². The summed E-state index contributed by atoms with van der Waals surface area (Å²) in [6.45, 7) is 22.3. The van der Waals surface area contributed by atoms with Gasteiger partial charge in [0, 0.05) is 37.4 Å². The van der Waals surface area contributed by atoms with Crippen molar-refractivity contribution in [1.82, 2.24) is 4.90 Å². The first-order valence-corrected chi connectivity index (χ1v) is 19.7. The van der Waals surface area contributed by atoms with Crippen LogP contribution in [0.2, 0.25) is 0 Å². The summed E-state index contributed by atoms with van der Waals surface area (Å²) < 4.78 is 6.43. The van der Waals surface area contributed by atoms with Gasteiger partial charge in [-0.15, -0.1) is 17.7 Å². The van der Waals surface area contributed by atoms with Crippen molar-refractivity contribution >= 4 is 33.3 Å². The zero-order valence-electron chi connectivity index (χ0n) is 34.0. The first-order valence-electron chi connectivity index (χ1n) is 19.7. The molecule has 0 aliphatic carbocycles. The van der Waals surface area contributed by atoms with E-state index in [2.05, 4.69) is 171 Å². The molecule has 293 valence electrons. The van der Waals surface area contributed by atoms with Crippen LogP contribution in [0.25, 0.3) is 27.3 Å². The van der Waals surface area contributed by atoms with Crippen molar-refractivity contribution in [3.63, 3.8) is 0 Å². The second kappa shape index (κ2) is 17.1. The van der Waals surface area contributed by atoms with Crippen LogP contribution in [0.3, 0.4) is 0 Å². The van der Waals surface area contributed by atoms with Gasteiger partial charge in [-0.1, -0.05) is 97.9 Å². The predicted octanol–water partition coefficient (Wildman–Crippen LogP) is 14.2.